The number of anilines is 2. The highest BCUT2D eigenvalue weighted by atomic mass is 32.2. The summed E-state index contributed by atoms with van der Waals surface area (Å²) in [5.74, 6) is 1.37. The average molecular weight is 487 g/mol. The monoisotopic (exact) mass is 486 g/mol. The zero-order chi connectivity index (χ0) is 23.8. The van der Waals surface area contributed by atoms with Gasteiger partial charge in [0.25, 0.3) is 10.0 Å². The Hall–Kier alpha value is -3.17. The molecule has 174 valence electrons. The molecular formula is C24H26N2O5S2. The first kappa shape index (κ1) is 24.5. The predicted molar refractivity (Wildman–Crippen MR) is 132 cm³/mol. The summed E-state index contributed by atoms with van der Waals surface area (Å²) in [5.41, 5.74) is 1.99. The number of nitrogens with one attached hydrogen (secondary N) is 2. The summed E-state index contributed by atoms with van der Waals surface area (Å²) >= 11 is 1.61. The van der Waals surface area contributed by atoms with Crippen LogP contribution in [0.25, 0.3) is 0 Å². The number of ether oxygens (including phenoxy) is 2. The highest BCUT2D eigenvalue weighted by Crippen LogP contribution is 2.31. The van der Waals surface area contributed by atoms with E-state index in [9.17, 15) is 13.2 Å². The van der Waals surface area contributed by atoms with E-state index in [0.717, 1.165) is 4.90 Å². The summed E-state index contributed by atoms with van der Waals surface area (Å²) in [7, 11) is -0.917. The summed E-state index contributed by atoms with van der Waals surface area (Å²) in [4.78, 5) is 13.4. The number of carbonyl (C=O) groups excluding carboxylic acids is 1. The number of benzene rings is 3. The number of sulfonamides is 1. The van der Waals surface area contributed by atoms with Gasteiger partial charge in [0.05, 0.1) is 24.8 Å². The molecule has 0 spiro atoms. The predicted octanol–water partition coefficient (Wildman–Crippen LogP) is 4.93. The van der Waals surface area contributed by atoms with Crippen LogP contribution in [0.15, 0.2) is 76.5 Å². The highest BCUT2D eigenvalue weighted by molar-refractivity contribution is 7.99. The molecule has 0 saturated heterocycles. The minimum atomic E-state index is -3.87. The number of hydrogen-bond donors (Lipinski definition) is 2. The van der Waals surface area contributed by atoms with Crippen molar-refractivity contribution in [3.8, 4) is 11.5 Å². The molecule has 0 unspecified atom stereocenters. The van der Waals surface area contributed by atoms with Gasteiger partial charge in [-0.05, 0) is 55.5 Å². The van der Waals surface area contributed by atoms with E-state index in [4.69, 9.17) is 9.47 Å². The van der Waals surface area contributed by atoms with Crippen molar-refractivity contribution in [3.05, 3.63) is 72.3 Å². The van der Waals surface area contributed by atoms with Gasteiger partial charge in [-0.2, -0.15) is 0 Å². The summed E-state index contributed by atoms with van der Waals surface area (Å²) in [6.45, 7) is 2.03. The van der Waals surface area contributed by atoms with E-state index in [2.05, 4.69) is 10.0 Å². The molecule has 0 saturated carbocycles. The first-order valence-electron chi connectivity index (χ1n) is 10.1. The van der Waals surface area contributed by atoms with Crippen LogP contribution >= 0.6 is 11.8 Å². The average Bonchev–Trinajstić information content (AvgIpc) is 2.80. The number of aryl methyl sites for hydroxylation is 1. The largest absolute Gasteiger partial charge is 0.497 e. The van der Waals surface area contributed by atoms with Gasteiger partial charge in [0, 0.05) is 28.8 Å². The van der Waals surface area contributed by atoms with Crippen LogP contribution in [0.3, 0.4) is 0 Å². The van der Waals surface area contributed by atoms with E-state index in [-0.39, 0.29) is 16.5 Å². The van der Waals surface area contributed by atoms with Crippen molar-refractivity contribution in [3.63, 3.8) is 0 Å². The summed E-state index contributed by atoms with van der Waals surface area (Å²) < 4.78 is 38.5. The molecule has 0 bridgehead atoms. The number of carbonyl (C=O) groups is 1. The quantitative estimate of drug-likeness (QED) is 0.395. The Morgan fingerprint density at radius 1 is 0.939 bits per heavy atom. The molecule has 0 heterocycles. The normalized spacial score (nSPS) is 11.0. The molecule has 0 atom stereocenters. The molecule has 0 aromatic heterocycles. The molecule has 2 N–H and O–H groups in total. The maximum Gasteiger partial charge on any atom is 0.262 e. The van der Waals surface area contributed by atoms with Crippen LogP contribution in [0.4, 0.5) is 11.4 Å². The minimum Gasteiger partial charge on any atom is -0.497 e. The lowest BCUT2D eigenvalue weighted by atomic mass is 10.2. The maximum absolute atomic E-state index is 12.8. The van der Waals surface area contributed by atoms with Crippen LogP contribution in [-0.4, -0.2) is 34.3 Å². The van der Waals surface area contributed by atoms with E-state index in [1.165, 1.54) is 31.9 Å². The number of hydrogen-bond acceptors (Lipinski definition) is 6. The zero-order valence-electron chi connectivity index (χ0n) is 18.6. The minimum absolute atomic E-state index is 0.0558. The number of rotatable bonds is 10. The Morgan fingerprint density at radius 2 is 1.64 bits per heavy atom. The molecule has 3 aromatic rings. The fourth-order valence-corrected chi connectivity index (χ4v) is 4.85. The van der Waals surface area contributed by atoms with Gasteiger partial charge in [0.15, 0.2) is 0 Å². The Bertz CT molecular complexity index is 1190. The van der Waals surface area contributed by atoms with Gasteiger partial charge in [-0.3, -0.25) is 9.52 Å². The lowest BCUT2D eigenvalue weighted by Crippen LogP contribution is -2.15. The van der Waals surface area contributed by atoms with Crippen LogP contribution in [0.1, 0.15) is 12.0 Å². The molecule has 7 nitrogen and oxygen atoms in total. The molecule has 0 fully saturated rings. The van der Waals surface area contributed by atoms with Crippen LogP contribution in [0.2, 0.25) is 0 Å². The van der Waals surface area contributed by atoms with Gasteiger partial charge in [-0.25, -0.2) is 8.42 Å². The van der Waals surface area contributed by atoms with E-state index < -0.39 is 10.0 Å². The van der Waals surface area contributed by atoms with Crippen molar-refractivity contribution in [2.24, 2.45) is 0 Å². The van der Waals surface area contributed by atoms with Gasteiger partial charge >= 0.3 is 0 Å². The molecule has 0 radical (unpaired) electrons. The van der Waals surface area contributed by atoms with Crippen molar-refractivity contribution in [1.29, 1.82) is 0 Å². The molecule has 9 heteroatoms. The number of methoxy groups -OCH3 is 2. The number of amides is 1. The Labute approximate surface area is 198 Å². The topological polar surface area (TPSA) is 93.7 Å². The second-order valence-corrected chi connectivity index (χ2v) is 10.0. The molecule has 1 amide bonds. The Kier molecular flexibility index (Phi) is 8.24. The molecular weight excluding hydrogens is 460 g/mol. The third-order valence-electron chi connectivity index (χ3n) is 4.72. The fraction of sp³-hybridized carbons (Fsp3) is 0.208. The number of thioether (sulfide) groups is 1. The fourth-order valence-electron chi connectivity index (χ4n) is 2.93. The third kappa shape index (κ3) is 6.90. The van der Waals surface area contributed by atoms with E-state index in [1.54, 1.807) is 42.1 Å². The van der Waals surface area contributed by atoms with Crippen LogP contribution in [0.5, 0.6) is 11.5 Å². The first-order valence-corrected chi connectivity index (χ1v) is 12.6. The van der Waals surface area contributed by atoms with Crippen molar-refractivity contribution in [2.45, 2.75) is 23.1 Å². The van der Waals surface area contributed by atoms with Crippen molar-refractivity contribution in [2.75, 3.05) is 30.0 Å². The van der Waals surface area contributed by atoms with Gasteiger partial charge in [-0.1, -0.05) is 17.7 Å². The van der Waals surface area contributed by atoms with Gasteiger partial charge < -0.3 is 14.8 Å². The second-order valence-electron chi connectivity index (χ2n) is 7.16. The molecule has 33 heavy (non-hydrogen) atoms. The van der Waals surface area contributed by atoms with E-state index in [0.29, 0.717) is 29.4 Å². The van der Waals surface area contributed by atoms with Gasteiger partial charge in [0.2, 0.25) is 5.91 Å². The molecule has 3 aromatic carbocycles. The van der Waals surface area contributed by atoms with Crippen molar-refractivity contribution < 1.29 is 22.7 Å². The molecule has 0 aliphatic carbocycles. The Morgan fingerprint density at radius 3 is 2.27 bits per heavy atom. The molecule has 3 rings (SSSR count). The SMILES string of the molecule is COc1ccc(OC)c(NS(=O)(=O)c2ccc(NC(=O)CCSc3ccc(C)cc3)cc2)c1. The van der Waals surface area contributed by atoms with E-state index >= 15 is 0 Å². The summed E-state index contributed by atoms with van der Waals surface area (Å²) in [6, 6.07) is 19.0. The molecule has 0 aliphatic rings. The van der Waals surface area contributed by atoms with Crippen LogP contribution in [-0.2, 0) is 14.8 Å². The lowest BCUT2D eigenvalue weighted by molar-refractivity contribution is -0.115. The first-order chi connectivity index (χ1) is 15.8. The smallest absolute Gasteiger partial charge is 0.262 e. The van der Waals surface area contributed by atoms with Crippen LogP contribution in [0, 0.1) is 6.92 Å². The summed E-state index contributed by atoms with van der Waals surface area (Å²) in [5, 5.41) is 2.79. The van der Waals surface area contributed by atoms with Gasteiger partial charge in [0.1, 0.15) is 11.5 Å². The standard InChI is InChI=1S/C24H26N2O5S2/c1-17-4-9-20(10-5-17)32-15-14-24(27)25-18-6-11-21(12-7-18)33(28,29)26-22-16-19(30-2)8-13-23(22)31-3/h4-13,16,26H,14-15H2,1-3H3,(H,25,27). The Balaban J connectivity index is 1.58. The molecule has 0 aliphatic heterocycles. The van der Waals surface area contributed by atoms with Gasteiger partial charge in [-0.15, -0.1) is 11.8 Å². The third-order valence-corrected chi connectivity index (χ3v) is 7.11. The maximum atomic E-state index is 12.8. The van der Waals surface area contributed by atoms with Crippen LogP contribution < -0.4 is 19.5 Å². The highest BCUT2D eigenvalue weighted by Gasteiger charge is 2.17. The zero-order valence-corrected chi connectivity index (χ0v) is 20.3. The van der Waals surface area contributed by atoms with Crippen molar-refractivity contribution >= 4 is 39.1 Å². The van der Waals surface area contributed by atoms with Crippen molar-refractivity contribution in [1.82, 2.24) is 0 Å². The second kappa shape index (κ2) is 11.1. The van der Waals surface area contributed by atoms with E-state index in [1.807, 2.05) is 31.2 Å². The lowest BCUT2D eigenvalue weighted by Gasteiger charge is -2.13. The summed E-state index contributed by atoms with van der Waals surface area (Å²) in [6.07, 6.45) is 0.343.